The summed E-state index contributed by atoms with van der Waals surface area (Å²) in [5.41, 5.74) is 1.23. The maximum absolute atomic E-state index is 12.9. The van der Waals surface area contributed by atoms with Gasteiger partial charge < -0.3 is 9.30 Å². The van der Waals surface area contributed by atoms with Crippen LogP contribution in [0.5, 0.6) is 0 Å². The second kappa shape index (κ2) is 5.36. The van der Waals surface area contributed by atoms with E-state index in [1.807, 2.05) is 25.5 Å². The zero-order valence-electron chi connectivity index (χ0n) is 14.3. The van der Waals surface area contributed by atoms with Gasteiger partial charge in [-0.15, -0.1) is 0 Å². The number of aryl methyl sites for hydroxylation is 3. The highest BCUT2D eigenvalue weighted by Gasteiger charge is 2.22. The number of imidazole rings is 2. The molecule has 3 aromatic heterocycles. The van der Waals surface area contributed by atoms with Gasteiger partial charge in [-0.1, -0.05) is 0 Å². The van der Waals surface area contributed by atoms with Crippen LogP contribution in [0.1, 0.15) is 18.3 Å². The molecule has 0 aliphatic carbocycles. The van der Waals surface area contributed by atoms with Gasteiger partial charge in [0.15, 0.2) is 11.2 Å². The smallest absolute Gasteiger partial charge is 0.333 e. The maximum Gasteiger partial charge on any atom is 0.333 e. The van der Waals surface area contributed by atoms with E-state index in [1.54, 1.807) is 11.3 Å². The van der Waals surface area contributed by atoms with Gasteiger partial charge in [-0.2, -0.15) is 4.98 Å². The van der Waals surface area contributed by atoms with Crippen molar-refractivity contribution in [2.45, 2.75) is 27.3 Å². The summed E-state index contributed by atoms with van der Waals surface area (Å²) in [7, 11) is 3.37. The maximum atomic E-state index is 12.9. The first-order valence-corrected chi connectivity index (χ1v) is 7.59. The zero-order chi connectivity index (χ0) is 17.8. The van der Waals surface area contributed by atoms with Crippen LogP contribution in [0, 0.1) is 13.8 Å². The van der Waals surface area contributed by atoms with Crippen LogP contribution in [0.3, 0.4) is 0 Å². The van der Waals surface area contributed by atoms with Gasteiger partial charge in [0.25, 0.3) is 5.56 Å². The predicted molar refractivity (Wildman–Crippen MR) is 87.3 cm³/mol. The van der Waals surface area contributed by atoms with Crippen LogP contribution in [-0.2, 0) is 30.2 Å². The van der Waals surface area contributed by atoms with Gasteiger partial charge in [0.05, 0.1) is 6.61 Å². The van der Waals surface area contributed by atoms with Crippen molar-refractivity contribution in [1.29, 1.82) is 0 Å². The van der Waals surface area contributed by atoms with E-state index in [4.69, 9.17) is 4.74 Å². The van der Waals surface area contributed by atoms with Crippen LogP contribution >= 0.6 is 0 Å². The van der Waals surface area contributed by atoms with Gasteiger partial charge in [-0.3, -0.25) is 18.6 Å². The molecule has 3 heterocycles. The molecule has 0 amide bonds. The van der Waals surface area contributed by atoms with Crippen molar-refractivity contribution in [3.63, 3.8) is 0 Å². The minimum Gasteiger partial charge on any atom is -0.465 e. The third-order valence-corrected chi connectivity index (χ3v) is 4.38. The fourth-order valence-electron chi connectivity index (χ4n) is 2.88. The normalized spacial score (nSPS) is 11.5. The molecule has 0 aliphatic heterocycles. The van der Waals surface area contributed by atoms with E-state index in [1.165, 1.54) is 11.6 Å². The molecule has 0 bridgehead atoms. The number of hydrogen-bond donors (Lipinski definition) is 0. The van der Waals surface area contributed by atoms with Crippen molar-refractivity contribution in [1.82, 2.24) is 23.1 Å². The number of hydrogen-bond acceptors (Lipinski definition) is 5. The van der Waals surface area contributed by atoms with Gasteiger partial charge in [0.2, 0.25) is 5.78 Å². The Balaban J connectivity index is 2.42. The van der Waals surface area contributed by atoms with Crippen molar-refractivity contribution in [3.8, 4) is 0 Å². The lowest BCUT2D eigenvalue weighted by Gasteiger charge is -2.08. The minimum absolute atomic E-state index is 0.185. The quantitative estimate of drug-likeness (QED) is 0.622. The van der Waals surface area contributed by atoms with Crippen molar-refractivity contribution in [3.05, 3.63) is 32.2 Å². The number of carbonyl (C=O) groups is 1. The molecule has 9 nitrogen and oxygen atoms in total. The molecule has 0 atom stereocenters. The molecule has 0 aromatic carbocycles. The van der Waals surface area contributed by atoms with E-state index in [9.17, 15) is 14.4 Å². The van der Waals surface area contributed by atoms with Crippen LogP contribution in [-0.4, -0.2) is 35.7 Å². The first kappa shape index (κ1) is 16.0. The van der Waals surface area contributed by atoms with Crippen LogP contribution < -0.4 is 11.2 Å². The number of nitrogens with zero attached hydrogens (tertiary/aromatic N) is 5. The lowest BCUT2D eigenvalue weighted by molar-refractivity contribution is -0.143. The lowest BCUT2D eigenvalue weighted by atomic mass is 10.3. The molecule has 0 radical (unpaired) electrons. The Morgan fingerprint density at radius 2 is 1.79 bits per heavy atom. The summed E-state index contributed by atoms with van der Waals surface area (Å²) in [5.74, 6) is -0.0567. The van der Waals surface area contributed by atoms with Gasteiger partial charge in [-0.25, -0.2) is 9.36 Å². The Morgan fingerprint density at radius 1 is 1.12 bits per heavy atom. The summed E-state index contributed by atoms with van der Waals surface area (Å²) < 4.78 is 10.6. The van der Waals surface area contributed by atoms with E-state index in [-0.39, 0.29) is 12.1 Å². The summed E-state index contributed by atoms with van der Waals surface area (Å²) in [6, 6.07) is 0. The molecule has 0 N–H and O–H groups in total. The second-order valence-electron chi connectivity index (χ2n) is 5.69. The molecule has 0 saturated carbocycles. The van der Waals surface area contributed by atoms with E-state index in [0.29, 0.717) is 11.4 Å². The Morgan fingerprint density at radius 3 is 2.42 bits per heavy atom. The number of aromatic nitrogens is 5. The summed E-state index contributed by atoms with van der Waals surface area (Å²) in [6.45, 7) is 5.23. The first-order valence-electron chi connectivity index (χ1n) is 7.59. The monoisotopic (exact) mass is 333 g/mol. The van der Waals surface area contributed by atoms with Crippen LogP contribution in [0.15, 0.2) is 9.59 Å². The van der Waals surface area contributed by atoms with Crippen LogP contribution in [0.2, 0.25) is 0 Å². The number of carbonyl (C=O) groups excluding carboxylic acids is 1. The van der Waals surface area contributed by atoms with E-state index in [2.05, 4.69) is 4.98 Å². The fraction of sp³-hybridized carbons (Fsp3) is 0.467. The second-order valence-corrected chi connectivity index (χ2v) is 5.69. The Labute approximate surface area is 136 Å². The number of ether oxygens (including phenoxy) is 1. The molecule has 128 valence electrons. The minimum atomic E-state index is -0.627. The molecular formula is C15H19N5O4. The van der Waals surface area contributed by atoms with Gasteiger partial charge in [0.1, 0.15) is 6.54 Å². The third kappa shape index (κ3) is 2.00. The summed E-state index contributed by atoms with van der Waals surface area (Å²) >= 11 is 0. The first-order chi connectivity index (χ1) is 11.3. The molecule has 24 heavy (non-hydrogen) atoms. The average Bonchev–Trinajstić information content (AvgIpc) is 3.03. The molecule has 0 aliphatic rings. The Bertz CT molecular complexity index is 1100. The van der Waals surface area contributed by atoms with Crippen molar-refractivity contribution in [2.75, 3.05) is 6.61 Å². The molecule has 0 saturated heterocycles. The molecule has 9 heteroatoms. The predicted octanol–water partition coefficient (Wildman–Crippen LogP) is -0.134. The Hall–Kier alpha value is -2.84. The van der Waals surface area contributed by atoms with Crippen molar-refractivity contribution in [2.24, 2.45) is 14.1 Å². The lowest BCUT2D eigenvalue weighted by Crippen LogP contribution is -2.41. The molecule has 3 rings (SSSR count). The Kier molecular flexibility index (Phi) is 3.58. The number of esters is 1. The summed E-state index contributed by atoms with van der Waals surface area (Å²) in [5, 5.41) is 0. The number of fused-ring (bicyclic) bond motifs is 3. The van der Waals surface area contributed by atoms with E-state index in [0.717, 1.165) is 16.0 Å². The van der Waals surface area contributed by atoms with Crippen molar-refractivity contribution < 1.29 is 9.53 Å². The molecule has 0 spiro atoms. The zero-order valence-corrected chi connectivity index (χ0v) is 14.3. The molecule has 3 aromatic rings. The van der Waals surface area contributed by atoms with Gasteiger partial charge in [-0.05, 0) is 20.8 Å². The largest absolute Gasteiger partial charge is 0.465 e. The molecule has 0 fully saturated rings. The van der Waals surface area contributed by atoms with Crippen LogP contribution in [0.4, 0.5) is 0 Å². The molecular weight excluding hydrogens is 314 g/mol. The average molecular weight is 333 g/mol. The summed E-state index contributed by atoms with van der Waals surface area (Å²) in [4.78, 5) is 41.5. The number of rotatable bonds is 3. The summed E-state index contributed by atoms with van der Waals surface area (Å²) in [6.07, 6.45) is 0. The van der Waals surface area contributed by atoms with Gasteiger partial charge in [0, 0.05) is 25.5 Å². The topological polar surface area (TPSA) is 92.5 Å². The highest BCUT2D eigenvalue weighted by molar-refractivity contribution is 5.77. The highest BCUT2D eigenvalue weighted by Crippen LogP contribution is 2.18. The molecule has 0 unspecified atom stereocenters. The third-order valence-electron chi connectivity index (χ3n) is 4.38. The van der Waals surface area contributed by atoms with E-state index < -0.39 is 23.8 Å². The van der Waals surface area contributed by atoms with Gasteiger partial charge >= 0.3 is 11.7 Å². The van der Waals surface area contributed by atoms with Crippen molar-refractivity contribution >= 4 is 22.9 Å². The van der Waals surface area contributed by atoms with E-state index >= 15 is 0 Å². The SMILES string of the molecule is CCOC(=O)Cn1c(=O)c2c(nc3n(C)c(C)c(C)n23)n(C)c1=O. The fourth-order valence-corrected chi connectivity index (χ4v) is 2.88. The highest BCUT2D eigenvalue weighted by atomic mass is 16.5. The van der Waals surface area contributed by atoms with Crippen LogP contribution in [0.25, 0.3) is 16.9 Å². The standard InChI is InChI=1S/C15H19N5O4/c1-6-24-10(21)7-19-13(22)11-12(18(5)15(19)23)16-14-17(4)8(2)9(3)20(11)14/h6-7H2,1-5H3.